The SMILES string of the molecule is COC(=O)C(=Cc1ccccc1)OC=C=O. The molecule has 0 saturated heterocycles. The van der Waals surface area contributed by atoms with E-state index in [1.165, 1.54) is 19.1 Å². The summed E-state index contributed by atoms with van der Waals surface area (Å²) in [5.74, 6) is 0.688. The summed E-state index contributed by atoms with van der Waals surface area (Å²) in [6, 6.07) is 9.06. The van der Waals surface area contributed by atoms with E-state index < -0.39 is 5.97 Å². The van der Waals surface area contributed by atoms with Crippen LogP contribution in [0.5, 0.6) is 0 Å². The zero-order valence-corrected chi connectivity index (χ0v) is 8.67. The molecular weight excluding hydrogens is 208 g/mol. The van der Waals surface area contributed by atoms with Gasteiger partial charge in [-0.05, 0) is 11.6 Å². The van der Waals surface area contributed by atoms with Crippen LogP contribution in [0.15, 0.2) is 42.4 Å². The molecule has 0 aliphatic heterocycles. The highest BCUT2D eigenvalue weighted by Gasteiger charge is 2.10. The lowest BCUT2D eigenvalue weighted by atomic mass is 10.2. The van der Waals surface area contributed by atoms with E-state index in [0.717, 1.165) is 11.8 Å². The first-order chi connectivity index (χ1) is 7.77. The maximum absolute atomic E-state index is 11.3. The van der Waals surface area contributed by atoms with Gasteiger partial charge in [0.15, 0.2) is 12.2 Å². The number of carbonyl (C=O) groups excluding carboxylic acids is 2. The number of methoxy groups -OCH3 is 1. The quantitative estimate of drug-likeness (QED) is 0.333. The van der Waals surface area contributed by atoms with Crippen molar-refractivity contribution in [1.29, 1.82) is 0 Å². The predicted molar refractivity (Wildman–Crippen MR) is 57.8 cm³/mol. The minimum atomic E-state index is -0.657. The fraction of sp³-hybridized carbons (Fsp3) is 0.0833. The molecule has 4 nitrogen and oxygen atoms in total. The van der Waals surface area contributed by atoms with E-state index >= 15 is 0 Å². The van der Waals surface area contributed by atoms with Gasteiger partial charge in [0.1, 0.15) is 0 Å². The summed E-state index contributed by atoms with van der Waals surface area (Å²) in [4.78, 5) is 21.2. The molecule has 0 bridgehead atoms. The number of rotatable bonds is 4. The molecule has 0 amide bonds. The summed E-state index contributed by atoms with van der Waals surface area (Å²) in [6.07, 6.45) is 2.23. The van der Waals surface area contributed by atoms with Crippen LogP contribution in [0.4, 0.5) is 0 Å². The Kier molecular flexibility index (Phi) is 4.57. The number of esters is 1. The van der Waals surface area contributed by atoms with Crippen LogP contribution in [0, 0.1) is 0 Å². The number of benzene rings is 1. The van der Waals surface area contributed by atoms with Gasteiger partial charge in [-0.2, -0.15) is 0 Å². The lowest BCUT2D eigenvalue weighted by Gasteiger charge is -2.02. The Morgan fingerprint density at radius 3 is 2.56 bits per heavy atom. The number of hydrogen-bond acceptors (Lipinski definition) is 4. The van der Waals surface area contributed by atoms with Gasteiger partial charge in [0, 0.05) is 0 Å². The third kappa shape index (κ3) is 3.44. The lowest BCUT2D eigenvalue weighted by Crippen LogP contribution is -2.05. The van der Waals surface area contributed by atoms with Crippen LogP contribution >= 0.6 is 0 Å². The van der Waals surface area contributed by atoms with E-state index in [2.05, 4.69) is 4.74 Å². The van der Waals surface area contributed by atoms with E-state index in [0.29, 0.717) is 0 Å². The summed E-state index contributed by atoms with van der Waals surface area (Å²) in [6.45, 7) is 0. The molecule has 82 valence electrons. The topological polar surface area (TPSA) is 52.6 Å². The first-order valence-corrected chi connectivity index (χ1v) is 4.49. The van der Waals surface area contributed by atoms with Gasteiger partial charge in [0.05, 0.1) is 7.11 Å². The number of hydrogen-bond donors (Lipinski definition) is 0. The highest BCUT2D eigenvalue weighted by atomic mass is 16.6. The maximum Gasteiger partial charge on any atom is 0.373 e. The lowest BCUT2D eigenvalue weighted by molar-refractivity contribution is -0.138. The van der Waals surface area contributed by atoms with Crippen molar-refractivity contribution in [2.24, 2.45) is 0 Å². The van der Waals surface area contributed by atoms with Gasteiger partial charge in [-0.25, -0.2) is 9.59 Å². The van der Waals surface area contributed by atoms with Gasteiger partial charge in [-0.3, -0.25) is 0 Å². The van der Waals surface area contributed by atoms with Gasteiger partial charge in [0.25, 0.3) is 0 Å². The molecule has 0 spiro atoms. The summed E-state index contributed by atoms with van der Waals surface area (Å²) in [5.41, 5.74) is 0.766. The molecule has 1 rings (SSSR count). The molecule has 1 aromatic carbocycles. The highest BCUT2D eigenvalue weighted by Crippen LogP contribution is 2.09. The highest BCUT2D eigenvalue weighted by molar-refractivity contribution is 5.91. The summed E-state index contributed by atoms with van der Waals surface area (Å²) < 4.78 is 9.29. The first kappa shape index (κ1) is 11.8. The molecule has 16 heavy (non-hydrogen) atoms. The Morgan fingerprint density at radius 2 is 2.00 bits per heavy atom. The van der Waals surface area contributed by atoms with Gasteiger partial charge in [0.2, 0.25) is 5.76 Å². The molecule has 0 radical (unpaired) electrons. The minimum Gasteiger partial charge on any atom is -0.463 e. The van der Waals surface area contributed by atoms with Crippen molar-refractivity contribution < 1.29 is 19.1 Å². The summed E-state index contributed by atoms with van der Waals surface area (Å²) in [7, 11) is 1.23. The average molecular weight is 218 g/mol. The molecule has 0 aliphatic carbocycles. The average Bonchev–Trinajstić information content (AvgIpc) is 2.34. The monoisotopic (exact) mass is 218 g/mol. The Balaban J connectivity index is 2.96. The van der Waals surface area contributed by atoms with Gasteiger partial charge < -0.3 is 9.47 Å². The van der Waals surface area contributed by atoms with E-state index in [4.69, 9.17) is 4.74 Å². The van der Waals surface area contributed by atoms with Crippen LogP contribution in [-0.4, -0.2) is 19.0 Å². The Hall–Kier alpha value is -2.32. The zero-order valence-electron chi connectivity index (χ0n) is 8.67. The maximum atomic E-state index is 11.3. The van der Waals surface area contributed by atoms with Crippen molar-refractivity contribution in [3.05, 3.63) is 47.9 Å². The van der Waals surface area contributed by atoms with E-state index in [1.54, 1.807) is 12.1 Å². The molecule has 0 saturated carbocycles. The fourth-order valence-corrected chi connectivity index (χ4v) is 1.03. The van der Waals surface area contributed by atoms with Crippen molar-refractivity contribution in [2.45, 2.75) is 0 Å². The second kappa shape index (κ2) is 6.22. The van der Waals surface area contributed by atoms with Crippen LogP contribution in [-0.2, 0) is 19.1 Å². The second-order valence-corrected chi connectivity index (χ2v) is 2.76. The molecule has 0 N–H and O–H groups in total. The molecule has 0 unspecified atom stereocenters. The normalized spacial score (nSPS) is 10.2. The first-order valence-electron chi connectivity index (χ1n) is 4.49. The minimum absolute atomic E-state index is 0.0722. The molecule has 4 heteroatoms. The number of carbonyl (C=O) groups is 1. The van der Waals surface area contributed by atoms with Crippen LogP contribution in [0.2, 0.25) is 0 Å². The second-order valence-electron chi connectivity index (χ2n) is 2.76. The molecular formula is C12H10O4. The van der Waals surface area contributed by atoms with Crippen molar-refractivity contribution >= 4 is 18.0 Å². The third-order valence-corrected chi connectivity index (χ3v) is 1.72. The van der Waals surface area contributed by atoms with Crippen LogP contribution in [0.1, 0.15) is 5.56 Å². The molecule has 0 fully saturated rings. The van der Waals surface area contributed by atoms with Crippen molar-refractivity contribution in [2.75, 3.05) is 7.11 Å². The smallest absolute Gasteiger partial charge is 0.373 e. The van der Waals surface area contributed by atoms with E-state index in [1.807, 2.05) is 18.2 Å². The van der Waals surface area contributed by atoms with Gasteiger partial charge in [-0.1, -0.05) is 30.3 Å². The van der Waals surface area contributed by atoms with Gasteiger partial charge in [-0.15, -0.1) is 0 Å². The van der Waals surface area contributed by atoms with Crippen LogP contribution in [0.25, 0.3) is 6.08 Å². The van der Waals surface area contributed by atoms with Crippen molar-refractivity contribution in [1.82, 2.24) is 0 Å². The summed E-state index contributed by atoms with van der Waals surface area (Å²) >= 11 is 0. The Bertz CT molecular complexity index is 428. The fourth-order valence-electron chi connectivity index (χ4n) is 1.03. The van der Waals surface area contributed by atoms with Crippen molar-refractivity contribution in [3.63, 3.8) is 0 Å². The summed E-state index contributed by atoms with van der Waals surface area (Å²) in [5, 5.41) is 0. The van der Waals surface area contributed by atoms with Crippen LogP contribution < -0.4 is 0 Å². The molecule has 1 aromatic rings. The Labute approximate surface area is 92.8 Å². The molecule has 0 atom stereocenters. The predicted octanol–water partition coefficient (Wildman–Crippen LogP) is 1.56. The Morgan fingerprint density at radius 1 is 1.31 bits per heavy atom. The standard InChI is InChI=1S/C12H10O4/c1-15-12(14)11(16-8-7-13)9-10-5-3-2-4-6-10/h2-6,8-9H,1H3. The third-order valence-electron chi connectivity index (χ3n) is 1.72. The zero-order chi connectivity index (χ0) is 11.8. The number of ether oxygens (including phenoxy) is 2. The molecule has 0 aromatic heterocycles. The largest absolute Gasteiger partial charge is 0.463 e. The van der Waals surface area contributed by atoms with Gasteiger partial charge >= 0.3 is 5.97 Å². The van der Waals surface area contributed by atoms with Crippen molar-refractivity contribution in [3.8, 4) is 0 Å². The molecule has 0 aliphatic rings. The van der Waals surface area contributed by atoms with E-state index in [9.17, 15) is 9.59 Å². The molecule has 0 heterocycles. The van der Waals surface area contributed by atoms with E-state index in [-0.39, 0.29) is 5.76 Å². The van der Waals surface area contributed by atoms with Crippen LogP contribution in [0.3, 0.4) is 0 Å².